The van der Waals surface area contributed by atoms with Gasteiger partial charge in [-0.15, -0.1) is 0 Å². The Bertz CT molecular complexity index is 914. The number of hydrogen-bond acceptors (Lipinski definition) is 7. The van der Waals surface area contributed by atoms with Gasteiger partial charge in [-0.2, -0.15) is 0 Å². The number of carbonyl (C=O) groups is 2. The molecular weight excluding hydrogens is 386 g/mol. The van der Waals surface area contributed by atoms with Gasteiger partial charge in [0, 0.05) is 44.5 Å². The molecule has 1 aromatic carbocycles. The molecule has 2 aromatic rings. The van der Waals surface area contributed by atoms with Gasteiger partial charge in [-0.05, 0) is 18.2 Å². The van der Waals surface area contributed by atoms with Crippen LogP contribution in [0.1, 0.15) is 5.56 Å². The summed E-state index contributed by atoms with van der Waals surface area (Å²) in [7, 11) is 1.69. The number of aromatic nitrogens is 1. The van der Waals surface area contributed by atoms with Crippen LogP contribution in [0.3, 0.4) is 0 Å². The number of hydrogen-bond donors (Lipinski definition) is 2. The van der Waals surface area contributed by atoms with E-state index in [2.05, 4.69) is 31.5 Å². The van der Waals surface area contributed by atoms with Crippen molar-refractivity contribution in [3.63, 3.8) is 0 Å². The summed E-state index contributed by atoms with van der Waals surface area (Å²) in [5.41, 5.74) is 2.02. The van der Waals surface area contributed by atoms with Gasteiger partial charge in [0.2, 0.25) is 5.91 Å². The quantitative estimate of drug-likeness (QED) is 0.736. The number of piperazine rings is 1. The maximum absolute atomic E-state index is 12.3. The SMILES string of the molecule is COc1ccccc1N1CCN(c2ncccc2CNC(=O)C2COC(=O)N2)CC1. The number of rotatable bonds is 6. The van der Waals surface area contributed by atoms with Crippen LogP contribution in [0.5, 0.6) is 5.75 Å². The lowest BCUT2D eigenvalue weighted by atomic mass is 10.2. The van der Waals surface area contributed by atoms with E-state index in [9.17, 15) is 9.59 Å². The molecule has 2 fully saturated rings. The highest BCUT2D eigenvalue weighted by molar-refractivity contribution is 5.87. The lowest BCUT2D eigenvalue weighted by Gasteiger charge is -2.37. The first kappa shape index (κ1) is 19.8. The van der Waals surface area contributed by atoms with Gasteiger partial charge in [-0.1, -0.05) is 18.2 Å². The predicted molar refractivity (Wildman–Crippen MR) is 112 cm³/mol. The van der Waals surface area contributed by atoms with Gasteiger partial charge in [0.15, 0.2) is 0 Å². The number of nitrogens with one attached hydrogen (secondary N) is 2. The third-order valence-corrected chi connectivity index (χ3v) is 5.32. The van der Waals surface area contributed by atoms with Gasteiger partial charge in [-0.3, -0.25) is 4.79 Å². The highest BCUT2D eigenvalue weighted by Gasteiger charge is 2.29. The normalized spacial score (nSPS) is 18.6. The standard InChI is InChI=1S/C21H25N5O4/c1-29-18-7-3-2-6-17(18)25-9-11-26(12-10-25)19-15(5-4-8-22-19)13-23-20(27)16-14-30-21(28)24-16/h2-8,16H,9-14H2,1H3,(H,23,27)(H,24,28). The Kier molecular flexibility index (Phi) is 5.87. The maximum atomic E-state index is 12.3. The van der Waals surface area contributed by atoms with Crippen LogP contribution in [0.25, 0.3) is 0 Å². The number of cyclic esters (lactones) is 1. The molecule has 2 saturated heterocycles. The number of carbonyl (C=O) groups excluding carboxylic acids is 2. The zero-order chi connectivity index (χ0) is 20.9. The molecule has 0 aliphatic carbocycles. The van der Waals surface area contributed by atoms with Gasteiger partial charge in [0.25, 0.3) is 0 Å². The molecule has 1 unspecified atom stereocenters. The van der Waals surface area contributed by atoms with E-state index in [-0.39, 0.29) is 12.5 Å². The fraction of sp³-hybridized carbons (Fsp3) is 0.381. The van der Waals surface area contributed by atoms with Crippen molar-refractivity contribution in [2.45, 2.75) is 12.6 Å². The number of pyridine rings is 1. The van der Waals surface area contributed by atoms with Crippen LogP contribution in [0, 0.1) is 0 Å². The second-order valence-electron chi connectivity index (χ2n) is 7.15. The Hall–Kier alpha value is -3.49. The number of para-hydroxylation sites is 2. The van der Waals surface area contributed by atoms with Gasteiger partial charge >= 0.3 is 6.09 Å². The van der Waals surface area contributed by atoms with Gasteiger partial charge in [0.05, 0.1) is 12.8 Å². The first-order chi connectivity index (χ1) is 14.7. The van der Waals surface area contributed by atoms with E-state index >= 15 is 0 Å². The fourth-order valence-electron chi connectivity index (χ4n) is 3.73. The van der Waals surface area contributed by atoms with E-state index in [4.69, 9.17) is 9.47 Å². The lowest BCUT2D eigenvalue weighted by Crippen LogP contribution is -2.47. The topological polar surface area (TPSA) is 96.0 Å². The van der Waals surface area contributed by atoms with Crippen LogP contribution in [0.4, 0.5) is 16.3 Å². The average molecular weight is 411 g/mol. The molecule has 4 rings (SSSR count). The summed E-state index contributed by atoms with van der Waals surface area (Å²) in [5.74, 6) is 1.47. The molecule has 0 bridgehead atoms. The third kappa shape index (κ3) is 4.24. The fourth-order valence-corrected chi connectivity index (χ4v) is 3.73. The predicted octanol–water partition coefficient (Wildman–Crippen LogP) is 1.14. The van der Waals surface area contributed by atoms with Crippen molar-refractivity contribution in [1.29, 1.82) is 0 Å². The van der Waals surface area contributed by atoms with Crippen molar-refractivity contribution in [2.75, 3.05) is 49.7 Å². The van der Waals surface area contributed by atoms with E-state index < -0.39 is 12.1 Å². The van der Waals surface area contributed by atoms with E-state index in [0.29, 0.717) is 6.54 Å². The number of anilines is 2. The van der Waals surface area contributed by atoms with E-state index in [1.807, 2.05) is 30.3 Å². The van der Waals surface area contributed by atoms with Crippen LogP contribution in [-0.4, -0.2) is 62.9 Å². The first-order valence-corrected chi connectivity index (χ1v) is 9.93. The molecule has 2 aliphatic rings. The summed E-state index contributed by atoms with van der Waals surface area (Å²) in [6, 6.07) is 11.2. The Morgan fingerprint density at radius 2 is 1.97 bits per heavy atom. The second kappa shape index (κ2) is 8.89. The minimum atomic E-state index is -0.651. The summed E-state index contributed by atoms with van der Waals surface area (Å²) in [6.07, 6.45) is 1.20. The molecule has 0 saturated carbocycles. The molecule has 3 heterocycles. The third-order valence-electron chi connectivity index (χ3n) is 5.32. The van der Waals surface area contributed by atoms with E-state index in [0.717, 1.165) is 49.0 Å². The Balaban J connectivity index is 1.38. The van der Waals surface area contributed by atoms with Gasteiger partial charge in [-0.25, -0.2) is 9.78 Å². The Morgan fingerprint density at radius 1 is 1.20 bits per heavy atom. The number of alkyl carbamates (subject to hydrolysis) is 1. The monoisotopic (exact) mass is 411 g/mol. The van der Waals surface area contributed by atoms with E-state index in [1.54, 1.807) is 13.3 Å². The van der Waals surface area contributed by atoms with Crippen LogP contribution in [0.2, 0.25) is 0 Å². The highest BCUT2D eigenvalue weighted by Crippen LogP contribution is 2.29. The molecular formula is C21H25N5O4. The minimum Gasteiger partial charge on any atom is -0.495 e. The van der Waals surface area contributed by atoms with Crippen molar-refractivity contribution < 1.29 is 19.1 Å². The van der Waals surface area contributed by atoms with Crippen LogP contribution in [-0.2, 0) is 16.1 Å². The number of benzene rings is 1. The molecule has 30 heavy (non-hydrogen) atoms. The van der Waals surface area contributed by atoms with Crippen LogP contribution >= 0.6 is 0 Å². The Morgan fingerprint density at radius 3 is 2.70 bits per heavy atom. The average Bonchev–Trinajstić information content (AvgIpc) is 3.24. The molecule has 2 amide bonds. The molecule has 1 aromatic heterocycles. The van der Waals surface area contributed by atoms with Gasteiger partial charge in [0.1, 0.15) is 24.2 Å². The summed E-state index contributed by atoms with van der Waals surface area (Å²) < 4.78 is 10.3. The zero-order valence-corrected chi connectivity index (χ0v) is 16.8. The van der Waals surface area contributed by atoms with E-state index in [1.165, 1.54) is 0 Å². The van der Waals surface area contributed by atoms with Crippen molar-refractivity contribution in [1.82, 2.24) is 15.6 Å². The molecule has 2 aliphatic heterocycles. The van der Waals surface area contributed by atoms with Crippen LogP contribution in [0.15, 0.2) is 42.6 Å². The second-order valence-corrected chi connectivity index (χ2v) is 7.15. The van der Waals surface area contributed by atoms with Crippen molar-refractivity contribution in [3.8, 4) is 5.75 Å². The highest BCUT2D eigenvalue weighted by atomic mass is 16.6. The number of amides is 2. The Labute approximate surface area is 175 Å². The maximum Gasteiger partial charge on any atom is 0.407 e. The number of ether oxygens (including phenoxy) is 2. The molecule has 0 radical (unpaired) electrons. The summed E-state index contributed by atoms with van der Waals surface area (Å²) in [6.45, 7) is 3.68. The number of methoxy groups -OCH3 is 1. The lowest BCUT2D eigenvalue weighted by molar-refractivity contribution is -0.122. The van der Waals surface area contributed by atoms with Crippen molar-refractivity contribution in [3.05, 3.63) is 48.2 Å². The molecule has 9 heteroatoms. The summed E-state index contributed by atoms with van der Waals surface area (Å²) in [5, 5.41) is 5.35. The molecule has 9 nitrogen and oxygen atoms in total. The van der Waals surface area contributed by atoms with Crippen molar-refractivity contribution in [2.24, 2.45) is 0 Å². The summed E-state index contributed by atoms with van der Waals surface area (Å²) >= 11 is 0. The van der Waals surface area contributed by atoms with Crippen molar-refractivity contribution >= 4 is 23.5 Å². The molecule has 2 N–H and O–H groups in total. The van der Waals surface area contributed by atoms with Gasteiger partial charge < -0.3 is 29.9 Å². The zero-order valence-electron chi connectivity index (χ0n) is 16.8. The smallest absolute Gasteiger partial charge is 0.407 e. The largest absolute Gasteiger partial charge is 0.495 e. The molecule has 158 valence electrons. The van der Waals surface area contributed by atoms with Crippen LogP contribution < -0.4 is 25.2 Å². The summed E-state index contributed by atoms with van der Waals surface area (Å²) in [4.78, 5) is 32.5. The minimum absolute atomic E-state index is 0.0511. The molecule has 0 spiro atoms. The first-order valence-electron chi connectivity index (χ1n) is 9.93. The number of nitrogens with zero attached hydrogens (tertiary/aromatic N) is 3. The molecule has 1 atom stereocenters.